The minimum atomic E-state index is -0.651. The van der Waals surface area contributed by atoms with Crippen LogP contribution in [0.1, 0.15) is 58.8 Å². The maximum Gasteiger partial charge on any atom is 0.374 e. The molecule has 15 heavy (non-hydrogen) atoms. The van der Waals surface area contributed by atoms with Gasteiger partial charge in [0.15, 0.2) is 0 Å². The van der Waals surface area contributed by atoms with Crippen molar-refractivity contribution in [1.82, 2.24) is 0 Å². The molecule has 0 N–H and O–H groups in total. The van der Waals surface area contributed by atoms with Gasteiger partial charge in [0.25, 0.3) is 0 Å². The lowest BCUT2D eigenvalue weighted by Gasteiger charge is -2.02. The Morgan fingerprint density at radius 1 is 0.933 bits per heavy atom. The molecule has 0 aliphatic carbocycles. The second kappa shape index (κ2) is 9.69. The Balaban J connectivity index is 3.47. The van der Waals surface area contributed by atoms with Crippen LogP contribution in [0, 0.1) is 0 Å². The highest BCUT2D eigenvalue weighted by Crippen LogP contribution is 2.01. The van der Waals surface area contributed by atoms with Crippen molar-refractivity contribution in [3.8, 4) is 0 Å². The van der Waals surface area contributed by atoms with Crippen LogP contribution in [0.4, 0.5) is 0 Å². The predicted octanol–water partition coefficient (Wildman–Crippen LogP) is 2.87. The van der Waals surface area contributed by atoms with Crippen LogP contribution < -0.4 is 0 Å². The van der Waals surface area contributed by atoms with Gasteiger partial charge in [0, 0.05) is 6.42 Å². The van der Waals surface area contributed by atoms with E-state index in [-0.39, 0.29) is 5.78 Å². The minimum Gasteiger partial charge on any atom is -0.460 e. The van der Waals surface area contributed by atoms with Crippen molar-refractivity contribution in [1.29, 1.82) is 0 Å². The predicted molar refractivity (Wildman–Crippen MR) is 59.6 cm³/mol. The largest absolute Gasteiger partial charge is 0.460 e. The van der Waals surface area contributed by atoms with Gasteiger partial charge in [-0.25, -0.2) is 4.79 Å². The third-order valence-electron chi connectivity index (χ3n) is 2.22. The molecule has 88 valence electrons. The van der Waals surface area contributed by atoms with E-state index >= 15 is 0 Å². The number of ketones is 1. The Morgan fingerprint density at radius 2 is 1.53 bits per heavy atom. The summed E-state index contributed by atoms with van der Waals surface area (Å²) in [4.78, 5) is 22.3. The summed E-state index contributed by atoms with van der Waals surface area (Å²) in [7, 11) is 0. The van der Waals surface area contributed by atoms with Crippen LogP contribution >= 0.6 is 0 Å². The quantitative estimate of drug-likeness (QED) is 0.337. The lowest BCUT2D eigenvalue weighted by molar-refractivity contribution is -0.154. The molecule has 0 rings (SSSR count). The molecule has 0 amide bonds. The highest BCUT2D eigenvalue weighted by Gasteiger charge is 2.13. The van der Waals surface area contributed by atoms with Gasteiger partial charge in [-0.3, -0.25) is 4.79 Å². The van der Waals surface area contributed by atoms with Crippen LogP contribution in [0.25, 0.3) is 0 Å². The second-order valence-electron chi connectivity index (χ2n) is 3.72. The number of carbonyl (C=O) groups excluding carboxylic acids is 2. The zero-order valence-electron chi connectivity index (χ0n) is 9.88. The number of hydrogen-bond acceptors (Lipinski definition) is 3. The Hall–Kier alpha value is -0.860. The summed E-state index contributed by atoms with van der Waals surface area (Å²) in [5, 5.41) is 0. The Morgan fingerprint density at radius 3 is 2.13 bits per heavy atom. The van der Waals surface area contributed by atoms with E-state index in [9.17, 15) is 9.59 Å². The van der Waals surface area contributed by atoms with E-state index in [0.717, 1.165) is 38.5 Å². The number of Topliss-reactive ketones (excluding diaryl/α,β-unsaturated/α-hetero) is 1. The van der Waals surface area contributed by atoms with Crippen molar-refractivity contribution in [3.05, 3.63) is 0 Å². The van der Waals surface area contributed by atoms with E-state index in [0.29, 0.717) is 13.0 Å². The molecule has 0 heterocycles. The van der Waals surface area contributed by atoms with Gasteiger partial charge >= 0.3 is 5.97 Å². The Labute approximate surface area is 92.2 Å². The van der Waals surface area contributed by atoms with Gasteiger partial charge in [-0.2, -0.15) is 0 Å². The Kier molecular flexibility index (Phi) is 9.13. The van der Waals surface area contributed by atoms with Crippen molar-refractivity contribution in [3.63, 3.8) is 0 Å². The average Bonchev–Trinajstić information content (AvgIpc) is 2.24. The number of ether oxygens (including phenoxy) is 1. The summed E-state index contributed by atoms with van der Waals surface area (Å²) in [5.41, 5.74) is 0. The van der Waals surface area contributed by atoms with E-state index in [1.807, 2.05) is 0 Å². The van der Waals surface area contributed by atoms with Crippen LogP contribution in [-0.4, -0.2) is 18.4 Å². The maximum absolute atomic E-state index is 11.2. The fraction of sp³-hybridized carbons (Fsp3) is 0.833. The summed E-state index contributed by atoms with van der Waals surface area (Å²) in [6, 6.07) is 0. The summed E-state index contributed by atoms with van der Waals surface area (Å²) in [5.74, 6) is -1.03. The molecule has 3 nitrogen and oxygen atoms in total. The lowest BCUT2D eigenvalue weighted by atomic mass is 10.1. The van der Waals surface area contributed by atoms with Crippen LogP contribution in [-0.2, 0) is 14.3 Å². The van der Waals surface area contributed by atoms with Crippen LogP contribution in [0.2, 0.25) is 0 Å². The van der Waals surface area contributed by atoms with Crippen LogP contribution in [0.15, 0.2) is 0 Å². The van der Waals surface area contributed by atoms with Gasteiger partial charge in [0.05, 0.1) is 6.61 Å². The fourth-order valence-corrected chi connectivity index (χ4v) is 1.24. The van der Waals surface area contributed by atoms with Crippen molar-refractivity contribution < 1.29 is 14.3 Å². The second-order valence-corrected chi connectivity index (χ2v) is 3.72. The zero-order chi connectivity index (χ0) is 11.5. The molecule has 0 atom stereocenters. The first-order valence-electron chi connectivity index (χ1n) is 5.92. The molecule has 0 unspecified atom stereocenters. The summed E-state index contributed by atoms with van der Waals surface area (Å²) < 4.78 is 4.85. The molecule has 0 fully saturated rings. The van der Waals surface area contributed by atoms with E-state index in [2.05, 4.69) is 13.8 Å². The minimum absolute atomic E-state index is 0.334. The zero-order valence-corrected chi connectivity index (χ0v) is 9.88. The molecule has 0 aromatic carbocycles. The van der Waals surface area contributed by atoms with Crippen LogP contribution in [0.3, 0.4) is 0 Å². The van der Waals surface area contributed by atoms with Gasteiger partial charge in [-0.1, -0.05) is 39.5 Å². The van der Waals surface area contributed by atoms with E-state index in [1.54, 1.807) is 0 Å². The normalized spacial score (nSPS) is 10.0. The SMILES string of the molecule is CCCCCOC(=O)C(=O)CCCCC. The molecule has 0 aliphatic rings. The first-order chi connectivity index (χ1) is 7.22. The molecule has 3 heteroatoms. The van der Waals surface area contributed by atoms with Gasteiger partial charge in [0.2, 0.25) is 5.78 Å². The molecule has 0 spiro atoms. The van der Waals surface area contributed by atoms with Crippen LogP contribution in [0.5, 0.6) is 0 Å². The number of esters is 1. The van der Waals surface area contributed by atoms with E-state index in [4.69, 9.17) is 4.74 Å². The standard InChI is InChI=1S/C12H22O3/c1-3-5-7-9-11(13)12(14)15-10-8-6-4-2/h3-10H2,1-2H3. The number of unbranched alkanes of at least 4 members (excludes halogenated alkanes) is 4. The molecule has 0 bridgehead atoms. The summed E-state index contributed by atoms with van der Waals surface area (Å²) in [6.07, 6.45) is 6.15. The smallest absolute Gasteiger partial charge is 0.374 e. The molecule has 0 saturated carbocycles. The first-order valence-corrected chi connectivity index (χ1v) is 5.92. The van der Waals surface area contributed by atoms with Gasteiger partial charge in [0.1, 0.15) is 0 Å². The molecular formula is C12H22O3. The highest BCUT2D eigenvalue weighted by molar-refractivity contribution is 6.33. The molecule has 0 radical (unpaired) electrons. The lowest BCUT2D eigenvalue weighted by Crippen LogP contribution is -2.17. The number of carbonyl (C=O) groups is 2. The molecule has 0 aromatic rings. The molecular weight excluding hydrogens is 192 g/mol. The van der Waals surface area contributed by atoms with Gasteiger partial charge in [-0.15, -0.1) is 0 Å². The third kappa shape index (κ3) is 8.16. The summed E-state index contributed by atoms with van der Waals surface area (Å²) in [6.45, 7) is 4.53. The third-order valence-corrected chi connectivity index (χ3v) is 2.22. The fourth-order valence-electron chi connectivity index (χ4n) is 1.24. The average molecular weight is 214 g/mol. The van der Waals surface area contributed by atoms with Crippen molar-refractivity contribution >= 4 is 11.8 Å². The van der Waals surface area contributed by atoms with Crippen molar-refractivity contribution in [2.45, 2.75) is 58.8 Å². The number of rotatable bonds is 9. The van der Waals surface area contributed by atoms with Crippen molar-refractivity contribution in [2.75, 3.05) is 6.61 Å². The van der Waals surface area contributed by atoms with E-state index < -0.39 is 5.97 Å². The van der Waals surface area contributed by atoms with Gasteiger partial charge in [-0.05, 0) is 12.8 Å². The van der Waals surface area contributed by atoms with E-state index in [1.165, 1.54) is 0 Å². The topological polar surface area (TPSA) is 43.4 Å². The Bertz CT molecular complexity index is 187. The van der Waals surface area contributed by atoms with Gasteiger partial charge < -0.3 is 4.74 Å². The maximum atomic E-state index is 11.2. The molecule has 0 saturated heterocycles. The highest BCUT2D eigenvalue weighted by atomic mass is 16.5. The summed E-state index contributed by atoms with van der Waals surface area (Å²) >= 11 is 0. The first kappa shape index (κ1) is 14.1. The number of hydrogen-bond donors (Lipinski definition) is 0. The molecule has 0 aromatic heterocycles. The monoisotopic (exact) mass is 214 g/mol. The molecule has 0 aliphatic heterocycles. The van der Waals surface area contributed by atoms with Crippen molar-refractivity contribution in [2.24, 2.45) is 0 Å².